The number of carbonyl (C=O) groups is 1. The fourth-order valence-corrected chi connectivity index (χ4v) is 8.18. The number of aliphatic hydroxyl groups excluding tert-OH is 1. The van der Waals surface area contributed by atoms with Crippen LogP contribution in [0.4, 0.5) is 0 Å². The maximum atomic E-state index is 12.8. The molecular formula is C24H37NO5. The van der Waals surface area contributed by atoms with Gasteiger partial charge in [-0.25, -0.2) is 0 Å². The molecule has 5 aliphatic rings. The molecule has 2 spiro atoms. The van der Waals surface area contributed by atoms with Crippen LogP contribution in [0, 0.1) is 34.5 Å². The van der Waals surface area contributed by atoms with Gasteiger partial charge in [-0.1, -0.05) is 19.4 Å². The molecule has 0 radical (unpaired) electrons. The summed E-state index contributed by atoms with van der Waals surface area (Å²) in [5, 5.41) is 22.3. The first-order chi connectivity index (χ1) is 14.2. The lowest BCUT2D eigenvalue weighted by Crippen LogP contribution is -2.64. The number of nitrogens with zero attached hydrogens (tertiary/aromatic N) is 1. The molecule has 5 rings (SSSR count). The molecule has 2 bridgehead atoms. The molecule has 7 atom stereocenters. The summed E-state index contributed by atoms with van der Waals surface area (Å²) in [6, 6.07) is 0. The summed E-state index contributed by atoms with van der Waals surface area (Å²) >= 11 is 0. The Kier molecular flexibility index (Phi) is 4.72. The van der Waals surface area contributed by atoms with E-state index in [1.165, 1.54) is 18.3 Å². The van der Waals surface area contributed by atoms with E-state index in [1.807, 2.05) is 13.8 Å². The number of hydrogen-bond donors (Lipinski definition) is 2. The Balaban J connectivity index is 1.65. The first-order valence-electron chi connectivity index (χ1n) is 11.7. The van der Waals surface area contributed by atoms with Gasteiger partial charge < -0.3 is 24.6 Å². The Morgan fingerprint density at radius 2 is 2.10 bits per heavy atom. The topological polar surface area (TPSA) is 79.2 Å². The van der Waals surface area contributed by atoms with E-state index in [0.717, 1.165) is 45.2 Å². The molecule has 30 heavy (non-hydrogen) atoms. The SMILES string of the molecule is COC(=O)[C@H]1C[C@]23CN(C)C[C@H](C[C@H](O)C4=C2[C@H]1CC4)[C@]31CC[C@@](O)(C(C)C)OC1. The second-order valence-electron chi connectivity index (χ2n) is 11.1. The zero-order chi connectivity index (χ0) is 21.5. The van der Waals surface area contributed by atoms with E-state index >= 15 is 0 Å². The fraction of sp³-hybridized carbons (Fsp3) is 0.875. The first kappa shape index (κ1) is 20.9. The van der Waals surface area contributed by atoms with Crippen molar-refractivity contribution in [2.45, 2.75) is 64.3 Å². The third-order valence-corrected chi connectivity index (χ3v) is 9.64. The van der Waals surface area contributed by atoms with Crippen LogP contribution in [-0.2, 0) is 14.3 Å². The van der Waals surface area contributed by atoms with Gasteiger partial charge >= 0.3 is 5.97 Å². The minimum Gasteiger partial charge on any atom is -0.469 e. The van der Waals surface area contributed by atoms with E-state index in [2.05, 4.69) is 11.9 Å². The summed E-state index contributed by atoms with van der Waals surface area (Å²) < 4.78 is 11.6. The molecule has 0 aromatic rings. The number of carbonyl (C=O) groups excluding carboxylic acids is 1. The standard InChI is InChI=1S/C24H37NO5/c1-14(2)24(28)8-7-22(13-30-24)15-9-19(26)17-6-5-16-18(21(27)29-4)10-23(22,20(16)17)12-25(3)11-15/h14-16,18-19,26,28H,5-13H2,1-4H3/t15-,16-,18-,19-,22+,23-,24-/m0/s1. The van der Waals surface area contributed by atoms with Crippen molar-refractivity contribution in [1.29, 1.82) is 0 Å². The van der Waals surface area contributed by atoms with Crippen LogP contribution in [0.2, 0.25) is 0 Å². The Labute approximate surface area is 179 Å². The van der Waals surface area contributed by atoms with Gasteiger partial charge in [0.05, 0.1) is 25.7 Å². The number of piperidine rings is 1. The third-order valence-electron chi connectivity index (χ3n) is 9.64. The van der Waals surface area contributed by atoms with Crippen LogP contribution in [-0.4, -0.2) is 66.8 Å². The molecule has 3 aliphatic carbocycles. The van der Waals surface area contributed by atoms with Crippen molar-refractivity contribution in [3.05, 3.63) is 11.1 Å². The first-order valence-corrected chi connectivity index (χ1v) is 11.7. The number of rotatable bonds is 2. The molecule has 3 fully saturated rings. The van der Waals surface area contributed by atoms with Gasteiger partial charge in [0.15, 0.2) is 5.79 Å². The highest BCUT2D eigenvalue weighted by molar-refractivity contribution is 5.75. The zero-order valence-electron chi connectivity index (χ0n) is 18.8. The lowest BCUT2D eigenvalue weighted by atomic mass is 9.50. The molecule has 0 unspecified atom stereocenters. The van der Waals surface area contributed by atoms with Gasteiger partial charge in [-0.15, -0.1) is 0 Å². The summed E-state index contributed by atoms with van der Waals surface area (Å²) in [5.74, 6) is -0.837. The van der Waals surface area contributed by atoms with E-state index in [4.69, 9.17) is 9.47 Å². The highest BCUT2D eigenvalue weighted by Gasteiger charge is 2.70. The van der Waals surface area contributed by atoms with Gasteiger partial charge in [0.1, 0.15) is 0 Å². The monoisotopic (exact) mass is 419 g/mol. The Morgan fingerprint density at radius 3 is 2.73 bits per heavy atom. The fourth-order valence-electron chi connectivity index (χ4n) is 8.18. The molecule has 2 aliphatic heterocycles. The van der Waals surface area contributed by atoms with Crippen molar-refractivity contribution in [1.82, 2.24) is 4.90 Å². The largest absolute Gasteiger partial charge is 0.469 e. The summed E-state index contributed by atoms with van der Waals surface area (Å²) in [7, 11) is 3.66. The lowest BCUT2D eigenvalue weighted by molar-refractivity contribution is -0.301. The number of ether oxygens (including phenoxy) is 2. The van der Waals surface area contributed by atoms with Crippen molar-refractivity contribution < 1.29 is 24.5 Å². The van der Waals surface area contributed by atoms with Gasteiger partial charge in [-0.05, 0) is 56.6 Å². The Hall–Kier alpha value is -0.950. The van der Waals surface area contributed by atoms with Crippen LogP contribution in [0.5, 0.6) is 0 Å². The van der Waals surface area contributed by atoms with Crippen LogP contribution in [0.25, 0.3) is 0 Å². The van der Waals surface area contributed by atoms with Crippen LogP contribution < -0.4 is 0 Å². The van der Waals surface area contributed by atoms with Gasteiger partial charge in [0, 0.05) is 36.3 Å². The molecule has 6 heteroatoms. The number of likely N-dealkylation sites (tertiary alicyclic amines) is 1. The number of esters is 1. The van der Waals surface area contributed by atoms with E-state index in [0.29, 0.717) is 13.0 Å². The average Bonchev–Trinajstić information content (AvgIpc) is 3.26. The normalized spacial score (nSPS) is 48.2. The third kappa shape index (κ3) is 2.54. The number of hydrogen-bond acceptors (Lipinski definition) is 6. The van der Waals surface area contributed by atoms with Gasteiger partial charge in [-0.2, -0.15) is 0 Å². The van der Waals surface area contributed by atoms with E-state index in [-0.39, 0.29) is 40.5 Å². The summed E-state index contributed by atoms with van der Waals surface area (Å²) in [6.45, 7) is 6.35. The summed E-state index contributed by atoms with van der Waals surface area (Å²) in [4.78, 5) is 15.2. The maximum Gasteiger partial charge on any atom is 0.309 e. The van der Waals surface area contributed by atoms with Gasteiger partial charge in [-0.3, -0.25) is 4.79 Å². The number of methoxy groups -OCH3 is 1. The second kappa shape index (κ2) is 6.77. The average molecular weight is 420 g/mol. The zero-order valence-corrected chi connectivity index (χ0v) is 18.8. The van der Waals surface area contributed by atoms with Crippen molar-refractivity contribution in [2.75, 3.05) is 33.9 Å². The lowest BCUT2D eigenvalue weighted by Gasteiger charge is -2.62. The smallest absolute Gasteiger partial charge is 0.309 e. The second-order valence-corrected chi connectivity index (χ2v) is 11.1. The van der Waals surface area contributed by atoms with E-state index in [1.54, 1.807) is 0 Å². The predicted octanol–water partition coefficient (Wildman–Crippen LogP) is 2.34. The molecule has 0 amide bonds. The molecule has 2 heterocycles. The molecule has 0 aromatic heterocycles. The molecule has 168 valence electrons. The molecule has 2 saturated heterocycles. The maximum absolute atomic E-state index is 12.8. The molecule has 2 N–H and O–H groups in total. The van der Waals surface area contributed by atoms with E-state index in [9.17, 15) is 15.0 Å². The van der Waals surface area contributed by atoms with Crippen LogP contribution in [0.15, 0.2) is 11.1 Å². The highest BCUT2D eigenvalue weighted by Crippen LogP contribution is 2.71. The van der Waals surface area contributed by atoms with Gasteiger partial charge in [0.2, 0.25) is 0 Å². The molecule has 1 saturated carbocycles. The Bertz CT molecular complexity index is 768. The number of aliphatic hydroxyl groups is 2. The predicted molar refractivity (Wildman–Crippen MR) is 111 cm³/mol. The van der Waals surface area contributed by atoms with Crippen molar-refractivity contribution in [3.63, 3.8) is 0 Å². The Morgan fingerprint density at radius 1 is 1.33 bits per heavy atom. The molecular weight excluding hydrogens is 382 g/mol. The minimum atomic E-state index is -1.08. The minimum absolute atomic E-state index is 0.0339. The van der Waals surface area contributed by atoms with E-state index < -0.39 is 11.9 Å². The van der Waals surface area contributed by atoms with Crippen molar-refractivity contribution in [2.24, 2.45) is 34.5 Å². The summed E-state index contributed by atoms with van der Waals surface area (Å²) in [5.41, 5.74) is 2.23. The summed E-state index contributed by atoms with van der Waals surface area (Å²) in [6.07, 6.45) is 4.42. The van der Waals surface area contributed by atoms with Crippen LogP contribution in [0.1, 0.15) is 52.4 Å². The quantitative estimate of drug-likeness (QED) is 0.528. The molecule has 0 aromatic carbocycles. The van der Waals surface area contributed by atoms with Crippen LogP contribution in [0.3, 0.4) is 0 Å². The van der Waals surface area contributed by atoms with Gasteiger partial charge in [0.25, 0.3) is 0 Å². The van der Waals surface area contributed by atoms with Crippen LogP contribution >= 0.6 is 0 Å². The van der Waals surface area contributed by atoms with Crippen molar-refractivity contribution >= 4 is 5.97 Å². The molecule has 6 nitrogen and oxygen atoms in total. The highest BCUT2D eigenvalue weighted by atomic mass is 16.6. The van der Waals surface area contributed by atoms with Crippen molar-refractivity contribution in [3.8, 4) is 0 Å².